The minimum absolute atomic E-state index is 0.193. The first-order valence-corrected chi connectivity index (χ1v) is 12.8. The van der Waals surface area contributed by atoms with Crippen molar-refractivity contribution < 1.29 is 13.2 Å². The summed E-state index contributed by atoms with van der Waals surface area (Å²) in [7, 11) is -3.58. The molecule has 8 nitrogen and oxygen atoms in total. The van der Waals surface area contributed by atoms with Gasteiger partial charge in [0.1, 0.15) is 5.15 Å². The Labute approximate surface area is 196 Å². The number of amides is 1. The number of fused-ring (bicyclic) bond motifs is 1. The lowest BCUT2D eigenvalue weighted by Crippen LogP contribution is -2.42. The van der Waals surface area contributed by atoms with E-state index in [-0.39, 0.29) is 29.1 Å². The van der Waals surface area contributed by atoms with Crippen LogP contribution in [-0.4, -0.2) is 46.6 Å². The number of hydrogen-bond donors (Lipinski definition) is 1. The predicted molar refractivity (Wildman–Crippen MR) is 125 cm³/mol. The minimum atomic E-state index is -3.58. The Hall–Kier alpha value is -2.36. The van der Waals surface area contributed by atoms with Crippen molar-refractivity contribution in [3.63, 3.8) is 0 Å². The summed E-state index contributed by atoms with van der Waals surface area (Å²) in [6, 6.07) is 6.08. The van der Waals surface area contributed by atoms with Crippen LogP contribution < -0.4 is 4.72 Å². The second-order valence-corrected chi connectivity index (χ2v) is 10.8. The molecule has 0 radical (unpaired) electrons. The molecule has 0 spiro atoms. The van der Waals surface area contributed by atoms with Crippen molar-refractivity contribution in [1.82, 2.24) is 19.5 Å². The van der Waals surface area contributed by atoms with Crippen molar-refractivity contribution in [3.8, 4) is 0 Å². The first kappa shape index (κ1) is 22.8. The van der Waals surface area contributed by atoms with E-state index >= 15 is 0 Å². The Morgan fingerprint density at radius 3 is 2.69 bits per heavy atom. The fourth-order valence-electron chi connectivity index (χ4n) is 3.99. The average Bonchev–Trinajstić information content (AvgIpc) is 3.10. The molecule has 2 aromatic heterocycles. The molecule has 1 aromatic carbocycles. The molecule has 1 aliphatic rings. The van der Waals surface area contributed by atoms with Gasteiger partial charge in [-0.3, -0.25) is 9.52 Å². The molecule has 11 heteroatoms. The Balaban J connectivity index is 1.75. The van der Waals surface area contributed by atoms with Crippen LogP contribution in [0, 0.1) is 12.8 Å². The van der Waals surface area contributed by atoms with Gasteiger partial charge in [-0.1, -0.05) is 30.1 Å². The molecule has 3 aromatic rings. The normalized spacial score (nSPS) is 19.3. The van der Waals surface area contributed by atoms with Crippen LogP contribution in [0.15, 0.2) is 30.5 Å². The monoisotopic (exact) mass is 495 g/mol. The molecule has 3 heterocycles. The number of anilines is 1. The quantitative estimate of drug-likeness (QED) is 0.543. The third kappa shape index (κ3) is 4.69. The SMILES string of the molecule is Cc1cn2nc([C@@H]3CC[C@H](C)CN3C(=O)c3cc(Cl)ccc3NS(C)(=O)=O)cc2nc1Cl. The van der Waals surface area contributed by atoms with Gasteiger partial charge >= 0.3 is 0 Å². The molecule has 1 saturated heterocycles. The third-order valence-corrected chi connectivity index (χ3v) is 6.72. The maximum atomic E-state index is 13.7. The van der Waals surface area contributed by atoms with E-state index in [0.717, 1.165) is 24.7 Å². The van der Waals surface area contributed by atoms with Crippen LogP contribution in [0.1, 0.15) is 47.4 Å². The topological polar surface area (TPSA) is 96.7 Å². The number of carbonyl (C=O) groups is 1. The average molecular weight is 496 g/mol. The maximum Gasteiger partial charge on any atom is 0.256 e. The number of aryl methyl sites for hydroxylation is 1. The van der Waals surface area contributed by atoms with E-state index < -0.39 is 10.0 Å². The van der Waals surface area contributed by atoms with E-state index in [1.165, 1.54) is 12.1 Å². The first-order chi connectivity index (χ1) is 15.0. The largest absolute Gasteiger partial charge is 0.330 e. The van der Waals surface area contributed by atoms with Gasteiger partial charge in [0.25, 0.3) is 5.91 Å². The summed E-state index contributed by atoms with van der Waals surface area (Å²) >= 11 is 12.3. The van der Waals surface area contributed by atoms with Gasteiger partial charge in [0.05, 0.1) is 29.2 Å². The van der Waals surface area contributed by atoms with Crippen LogP contribution in [0.5, 0.6) is 0 Å². The summed E-state index contributed by atoms with van der Waals surface area (Å²) in [6.45, 7) is 4.44. The van der Waals surface area contributed by atoms with Gasteiger partial charge in [-0.15, -0.1) is 0 Å². The van der Waals surface area contributed by atoms with Crippen molar-refractivity contribution in [2.45, 2.75) is 32.7 Å². The predicted octanol–water partition coefficient (Wildman–Crippen LogP) is 4.33. The molecule has 0 aliphatic carbocycles. The molecule has 32 heavy (non-hydrogen) atoms. The molecular formula is C21H23Cl2N5O3S. The molecule has 1 amide bonds. The lowest BCUT2D eigenvalue weighted by molar-refractivity contribution is 0.0538. The van der Waals surface area contributed by atoms with Gasteiger partial charge in [-0.2, -0.15) is 5.10 Å². The second-order valence-electron chi connectivity index (χ2n) is 8.31. The number of benzene rings is 1. The number of rotatable bonds is 4. The van der Waals surface area contributed by atoms with Crippen molar-refractivity contribution in [1.29, 1.82) is 0 Å². The highest BCUT2D eigenvalue weighted by atomic mass is 35.5. The van der Waals surface area contributed by atoms with E-state index in [2.05, 4.69) is 21.7 Å². The fourth-order valence-corrected chi connectivity index (χ4v) is 4.88. The lowest BCUT2D eigenvalue weighted by Gasteiger charge is -2.38. The van der Waals surface area contributed by atoms with Gasteiger partial charge < -0.3 is 4.90 Å². The molecular weight excluding hydrogens is 473 g/mol. The summed E-state index contributed by atoms with van der Waals surface area (Å²) in [5, 5.41) is 5.40. The molecule has 170 valence electrons. The minimum Gasteiger partial charge on any atom is -0.330 e. The van der Waals surface area contributed by atoms with Gasteiger partial charge in [0.2, 0.25) is 10.0 Å². The van der Waals surface area contributed by atoms with Gasteiger partial charge in [-0.05, 0) is 43.9 Å². The lowest BCUT2D eigenvalue weighted by atomic mass is 9.91. The van der Waals surface area contributed by atoms with Crippen LogP contribution in [0.4, 0.5) is 5.69 Å². The first-order valence-electron chi connectivity index (χ1n) is 10.1. The zero-order chi connectivity index (χ0) is 23.2. The molecule has 0 unspecified atom stereocenters. The van der Waals surface area contributed by atoms with Gasteiger partial charge in [-0.25, -0.2) is 17.9 Å². The van der Waals surface area contributed by atoms with Gasteiger partial charge in [0, 0.05) is 29.4 Å². The molecule has 0 bridgehead atoms. The number of nitrogens with one attached hydrogen (secondary N) is 1. The number of piperidine rings is 1. The van der Waals surface area contributed by atoms with Crippen molar-refractivity contribution in [2.24, 2.45) is 5.92 Å². The highest BCUT2D eigenvalue weighted by Gasteiger charge is 2.34. The van der Waals surface area contributed by atoms with E-state index in [0.29, 0.717) is 28.1 Å². The number of halogens is 2. The Morgan fingerprint density at radius 1 is 1.22 bits per heavy atom. The number of sulfonamides is 1. The van der Waals surface area contributed by atoms with Crippen LogP contribution in [0.2, 0.25) is 10.2 Å². The van der Waals surface area contributed by atoms with E-state index in [1.807, 2.05) is 13.0 Å². The highest BCUT2D eigenvalue weighted by molar-refractivity contribution is 7.92. The summed E-state index contributed by atoms with van der Waals surface area (Å²) in [5.41, 5.74) is 2.50. The van der Waals surface area contributed by atoms with Crippen LogP contribution in [0.25, 0.3) is 5.65 Å². The number of likely N-dealkylation sites (tertiary alicyclic amines) is 1. The second kappa shape index (κ2) is 8.53. The molecule has 0 saturated carbocycles. The molecule has 4 rings (SSSR count). The highest BCUT2D eigenvalue weighted by Crippen LogP contribution is 2.36. The molecule has 1 N–H and O–H groups in total. The van der Waals surface area contributed by atoms with Crippen molar-refractivity contribution in [3.05, 3.63) is 57.5 Å². The Bertz CT molecular complexity index is 1270. The number of hydrogen-bond acceptors (Lipinski definition) is 5. The standard InChI is InChI=1S/C21H23Cl2N5O3S/c1-12-4-7-18(17-9-19-24-20(23)13(2)11-28(19)25-17)27(10-12)21(29)15-8-14(22)5-6-16(15)26-32(3,30)31/h5-6,8-9,11-12,18,26H,4,7,10H2,1-3H3/t12-,18-/m0/s1. The number of carbonyl (C=O) groups excluding carboxylic acids is 1. The van der Waals surface area contributed by atoms with Gasteiger partial charge in [0.15, 0.2) is 5.65 Å². The Morgan fingerprint density at radius 2 is 1.97 bits per heavy atom. The smallest absolute Gasteiger partial charge is 0.256 e. The van der Waals surface area contributed by atoms with Crippen LogP contribution in [-0.2, 0) is 10.0 Å². The third-order valence-electron chi connectivity index (χ3n) is 5.52. The zero-order valence-corrected chi connectivity index (χ0v) is 20.2. The molecule has 1 fully saturated rings. The summed E-state index contributed by atoms with van der Waals surface area (Å²) < 4.78 is 27.7. The fraction of sp³-hybridized carbons (Fsp3) is 0.381. The van der Waals surface area contributed by atoms with E-state index in [1.54, 1.807) is 21.7 Å². The zero-order valence-electron chi connectivity index (χ0n) is 17.8. The molecule has 2 atom stereocenters. The van der Waals surface area contributed by atoms with Crippen LogP contribution >= 0.6 is 23.2 Å². The summed E-state index contributed by atoms with van der Waals surface area (Å²) in [5.74, 6) is -0.0259. The molecule has 1 aliphatic heterocycles. The number of nitrogens with zero attached hydrogens (tertiary/aromatic N) is 4. The summed E-state index contributed by atoms with van der Waals surface area (Å²) in [6.07, 6.45) is 4.49. The van der Waals surface area contributed by atoms with Crippen molar-refractivity contribution >= 4 is 50.5 Å². The van der Waals surface area contributed by atoms with E-state index in [9.17, 15) is 13.2 Å². The maximum absolute atomic E-state index is 13.7. The van der Waals surface area contributed by atoms with E-state index in [4.69, 9.17) is 23.2 Å². The van der Waals surface area contributed by atoms with Crippen LogP contribution in [0.3, 0.4) is 0 Å². The van der Waals surface area contributed by atoms with Crippen molar-refractivity contribution in [2.75, 3.05) is 17.5 Å². The summed E-state index contributed by atoms with van der Waals surface area (Å²) in [4.78, 5) is 19.8. The Kier molecular flexibility index (Phi) is 6.08. The number of aromatic nitrogens is 3.